The number of nitrogens with zero attached hydrogens (tertiary/aromatic N) is 3. The van der Waals surface area contributed by atoms with E-state index < -0.39 is 45.2 Å². The van der Waals surface area contributed by atoms with Crippen LogP contribution in [0.5, 0.6) is 0 Å². The summed E-state index contributed by atoms with van der Waals surface area (Å²) >= 11 is 0. The highest BCUT2D eigenvalue weighted by Gasteiger charge is 2.33. The number of rotatable bonds is 12. The number of nitro benzene ring substituents is 1. The smallest absolute Gasteiger partial charge is 0.269 e. The highest BCUT2D eigenvalue weighted by atomic mass is 32.2. The second-order valence-corrected chi connectivity index (χ2v) is 11.1. The van der Waals surface area contributed by atoms with Gasteiger partial charge in [-0.05, 0) is 50.6 Å². The summed E-state index contributed by atoms with van der Waals surface area (Å²) in [4.78, 5) is 38.4. The van der Waals surface area contributed by atoms with E-state index >= 15 is 0 Å². The third-order valence-electron chi connectivity index (χ3n) is 6.43. The monoisotopic (exact) mass is 570 g/mol. The molecule has 0 saturated heterocycles. The van der Waals surface area contributed by atoms with Crippen LogP contribution in [0.3, 0.4) is 0 Å². The standard InChI is InChI=1S/C28H31FN4O6S/c1-4-20(2)30-28(35)21(3)31(18-22-10-8-9-13-26(22)29)27(34)19-32(23-14-16-24(17-15-23)33(36)37)40(38,39)25-11-6-5-7-12-25/h5-17,20-21H,4,18-19H2,1-3H3,(H,30,35)/t20-,21-/m0/s1. The molecule has 3 aromatic rings. The number of hydrogen-bond acceptors (Lipinski definition) is 6. The maximum Gasteiger partial charge on any atom is 0.269 e. The highest BCUT2D eigenvalue weighted by Crippen LogP contribution is 2.26. The topological polar surface area (TPSA) is 130 Å². The molecule has 0 saturated carbocycles. The van der Waals surface area contributed by atoms with Gasteiger partial charge in [0, 0.05) is 30.3 Å². The van der Waals surface area contributed by atoms with Crippen LogP contribution in [-0.4, -0.2) is 48.7 Å². The number of amides is 2. The van der Waals surface area contributed by atoms with Gasteiger partial charge in [0.05, 0.1) is 15.5 Å². The fraction of sp³-hybridized carbons (Fsp3) is 0.286. The van der Waals surface area contributed by atoms with Crippen molar-refractivity contribution in [2.45, 2.75) is 50.7 Å². The second kappa shape index (κ2) is 13.2. The van der Waals surface area contributed by atoms with Crippen molar-refractivity contribution in [2.24, 2.45) is 0 Å². The molecule has 0 radical (unpaired) electrons. The predicted molar refractivity (Wildman–Crippen MR) is 148 cm³/mol. The Hall–Kier alpha value is -4.32. The molecule has 1 N–H and O–H groups in total. The van der Waals surface area contributed by atoms with E-state index in [0.717, 1.165) is 21.3 Å². The first-order valence-electron chi connectivity index (χ1n) is 12.6. The van der Waals surface area contributed by atoms with E-state index in [2.05, 4.69) is 5.32 Å². The molecule has 12 heteroatoms. The van der Waals surface area contributed by atoms with Crippen LogP contribution in [0.25, 0.3) is 0 Å². The molecule has 0 heterocycles. The fourth-order valence-electron chi connectivity index (χ4n) is 3.85. The molecule has 0 spiro atoms. The van der Waals surface area contributed by atoms with Gasteiger partial charge >= 0.3 is 0 Å². The third-order valence-corrected chi connectivity index (χ3v) is 8.21. The number of halogens is 1. The zero-order valence-electron chi connectivity index (χ0n) is 22.4. The molecule has 0 aliphatic heterocycles. The molecule has 2 amide bonds. The van der Waals surface area contributed by atoms with Gasteiger partial charge in [0.2, 0.25) is 11.8 Å². The van der Waals surface area contributed by atoms with E-state index in [1.54, 1.807) is 19.1 Å². The van der Waals surface area contributed by atoms with Crippen molar-refractivity contribution in [1.29, 1.82) is 0 Å². The van der Waals surface area contributed by atoms with Gasteiger partial charge in [-0.15, -0.1) is 0 Å². The Bertz CT molecular complexity index is 1450. The number of non-ortho nitro benzene ring substituents is 1. The molecule has 0 unspecified atom stereocenters. The van der Waals surface area contributed by atoms with Crippen LogP contribution in [0.4, 0.5) is 15.8 Å². The molecule has 0 aliphatic rings. The van der Waals surface area contributed by atoms with Crippen molar-refractivity contribution in [3.63, 3.8) is 0 Å². The van der Waals surface area contributed by atoms with E-state index in [1.807, 2.05) is 6.92 Å². The van der Waals surface area contributed by atoms with Gasteiger partial charge in [-0.3, -0.25) is 24.0 Å². The van der Waals surface area contributed by atoms with Crippen LogP contribution in [0.15, 0.2) is 83.8 Å². The molecular formula is C28H31FN4O6S. The molecule has 0 bridgehead atoms. The van der Waals surface area contributed by atoms with E-state index in [9.17, 15) is 32.5 Å². The molecule has 3 rings (SSSR count). The lowest BCUT2D eigenvalue weighted by Crippen LogP contribution is -2.52. The van der Waals surface area contributed by atoms with Crippen molar-refractivity contribution in [3.8, 4) is 0 Å². The average molecular weight is 571 g/mol. The highest BCUT2D eigenvalue weighted by molar-refractivity contribution is 7.92. The number of nitro groups is 1. The molecule has 10 nitrogen and oxygen atoms in total. The largest absolute Gasteiger partial charge is 0.352 e. The van der Waals surface area contributed by atoms with Crippen LogP contribution in [-0.2, 0) is 26.2 Å². The lowest BCUT2D eigenvalue weighted by molar-refractivity contribution is -0.384. The molecular weight excluding hydrogens is 539 g/mol. The number of sulfonamides is 1. The van der Waals surface area contributed by atoms with Crippen molar-refractivity contribution in [2.75, 3.05) is 10.8 Å². The number of benzene rings is 3. The van der Waals surface area contributed by atoms with Gasteiger partial charge in [-0.2, -0.15) is 0 Å². The molecule has 0 fully saturated rings. The van der Waals surface area contributed by atoms with E-state index in [1.165, 1.54) is 61.5 Å². The van der Waals surface area contributed by atoms with Gasteiger partial charge in [-0.25, -0.2) is 12.8 Å². The molecule has 40 heavy (non-hydrogen) atoms. The minimum atomic E-state index is -4.32. The van der Waals surface area contributed by atoms with Crippen LogP contribution in [0.2, 0.25) is 0 Å². The molecule has 3 aromatic carbocycles. The summed E-state index contributed by atoms with van der Waals surface area (Å²) in [5, 5.41) is 14.0. The van der Waals surface area contributed by atoms with Crippen LogP contribution in [0.1, 0.15) is 32.8 Å². The first-order chi connectivity index (χ1) is 18.9. The second-order valence-electron chi connectivity index (χ2n) is 9.21. The quantitative estimate of drug-likeness (QED) is 0.256. The minimum Gasteiger partial charge on any atom is -0.352 e. The summed E-state index contributed by atoms with van der Waals surface area (Å²) in [5.74, 6) is -1.83. The third kappa shape index (κ3) is 7.20. The van der Waals surface area contributed by atoms with Crippen molar-refractivity contribution < 1.29 is 27.3 Å². The van der Waals surface area contributed by atoms with Crippen molar-refractivity contribution in [1.82, 2.24) is 10.2 Å². The zero-order valence-corrected chi connectivity index (χ0v) is 23.2. The van der Waals surface area contributed by atoms with Gasteiger partial charge in [0.1, 0.15) is 18.4 Å². The molecule has 0 aliphatic carbocycles. The first kappa shape index (κ1) is 30.2. The number of anilines is 1. The van der Waals surface area contributed by atoms with Crippen LogP contribution >= 0.6 is 0 Å². The molecule has 0 aromatic heterocycles. The van der Waals surface area contributed by atoms with Gasteiger partial charge in [-0.1, -0.05) is 43.3 Å². The Morgan fingerprint density at radius 1 is 0.975 bits per heavy atom. The maximum absolute atomic E-state index is 14.6. The summed E-state index contributed by atoms with van der Waals surface area (Å²) in [5.41, 5.74) is -0.110. The minimum absolute atomic E-state index is 0.00496. The summed E-state index contributed by atoms with van der Waals surface area (Å²) < 4.78 is 42.8. The van der Waals surface area contributed by atoms with E-state index in [4.69, 9.17) is 0 Å². The Kier molecular flexibility index (Phi) is 9.94. The summed E-state index contributed by atoms with van der Waals surface area (Å²) in [6.45, 7) is 4.13. The summed E-state index contributed by atoms with van der Waals surface area (Å²) in [6.07, 6.45) is 0.642. The first-order valence-corrected chi connectivity index (χ1v) is 14.0. The SMILES string of the molecule is CC[C@H](C)NC(=O)[C@H](C)N(Cc1ccccc1F)C(=O)CN(c1ccc([N+](=O)[O-])cc1)S(=O)(=O)c1ccccc1. The van der Waals surface area contributed by atoms with Gasteiger partial charge in [0.25, 0.3) is 15.7 Å². The van der Waals surface area contributed by atoms with Gasteiger partial charge in [0.15, 0.2) is 0 Å². The van der Waals surface area contributed by atoms with Crippen LogP contribution < -0.4 is 9.62 Å². The number of carbonyl (C=O) groups is 2. The van der Waals surface area contributed by atoms with Crippen molar-refractivity contribution in [3.05, 3.63) is 100 Å². The van der Waals surface area contributed by atoms with Gasteiger partial charge < -0.3 is 10.2 Å². The normalized spacial score (nSPS) is 12.7. The fourth-order valence-corrected chi connectivity index (χ4v) is 5.28. The summed E-state index contributed by atoms with van der Waals surface area (Å²) in [7, 11) is -4.32. The lowest BCUT2D eigenvalue weighted by Gasteiger charge is -2.32. The van der Waals surface area contributed by atoms with Crippen LogP contribution in [0, 0.1) is 15.9 Å². The number of nitrogens with one attached hydrogen (secondary N) is 1. The molecule has 2 atom stereocenters. The number of carbonyl (C=O) groups excluding carboxylic acids is 2. The lowest BCUT2D eigenvalue weighted by atomic mass is 10.1. The van der Waals surface area contributed by atoms with E-state index in [0.29, 0.717) is 6.42 Å². The zero-order chi connectivity index (χ0) is 29.4. The Morgan fingerprint density at radius 2 is 1.57 bits per heavy atom. The molecule has 212 valence electrons. The average Bonchev–Trinajstić information content (AvgIpc) is 2.95. The maximum atomic E-state index is 14.6. The van der Waals surface area contributed by atoms with E-state index in [-0.39, 0.29) is 34.4 Å². The summed E-state index contributed by atoms with van der Waals surface area (Å²) in [6, 6.07) is 16.6. The number of hydrogen-bond donors (Lipinski definition) is 1. The van der Waals surface area contributed by atoms with Crippen molar-refractivity contribution >= 4 is 33.2 Å². The predicted octanol–water partition coefficient (Wildman–Crippen LogP) is 4.26. The Morgan fingerprint density at radius 3 is 2.15 bits per heavy atom. The Balaban J connectivity index is 2.04. The Labute approximate surface area is 232 Å².